The molecule has 1 saturated carbocycles. The molecule has 10 heteroatoms. The summed E-state index contributed by atoms with van der Waals surface area (Å²) in [5.74, 6) is 1.17. The van der Waals surface area contributed by atoms with Crippen molar-refractivity contribution in [3.63, 3.8) is 0 Å². The van der Waals surface area contributed by atoms with Gasteiger partial charge in [-0.15, -0.1) is 0 Å². The molecule has 0 spiro atoms. The number of rotatable bonds is 7. The van der Waals surface area contributed by atoms with Crippen LogP contribution >= 0.6 is 11.6 Å². The average molecular weight is 588 g/mol. The molecule has 42 heavy (non-hydrogen) atoms. The van der Waals surface area contributed by atoms with E-state index in [0.29, 0.717) is 34.8 Å². The third-order valence-electron chi connectivity index (χ3n) is 8.96. The molecule has 0 bridgehead atoms. The van der Waals surface area contributed by atoms with Crippen LogP contribution in [-0.2, 0) is 6.54 Å². The fourth-order valence-electron chi connectivity index (χ4n) is 6.45. The van der Waals surface area contributed by atoms with Gasteiger partial charge in [0.25, 0.3) is 5.91 Å². The van der Waals surface area contributed by atoms with Crippen molar-refractivity contribution in [1.82, 2.24) is 29.3 Å². The highest BCUT2D eigenvalue weighted by Crippen LogP contribution is 2.28. The van der Waals surface area contributed by atoms with E-state index in [2.05, 4.69) is 34.2 Å². The molecule has 6 rings (SSSR count). The number of anilines is 1. The quantitative estimate of drug-likeness (QED) is 0.338. The molecule has 1 aromatic carbocycles. The number of aromatic nitrogens is 4. The molecule has 1 unspecified atom stereocenters. The highest BCUT2D eigenvalue weighted by atomic mass is 35.5. The molecule has 1 N–H and O–H groups in total. The maximum atomic E-state index is 13.9. The number of nitrogens with zero attached hydrogens (tertiary/aromatic N) is 6. The van der Waals surface area contributed by atoms with Crippen LogP contribution in [0.1, 0.15) is 48.2 Å². The number of carbonyl (C=O) groups is 1. The predicted molar refractivity (Wildman–Crippen MR) is 167 cm³/mol. The van der Waals surface area contributed by atoms with E-state index >= 15 is 0 Å². The van der Waals surface area contributed by atoms with Crippen LogP contribution in [0.5, 0.6) is 0 Å². The minimum atomic E-state index is -0.132. The van der Waals surface area contributed by atoms with Crippen LogP contribution in [-0.4, -0.2) is 69.2 Å². The summed E-state index contributed by atoms with van der Waals surface area (Å²) in [6.45, 7) is 4.41. The summed E-state index contributed by atoms with van der Waals surface area (Å²) in [7, 11) is 4.25. The molecule has 1 amide bonds. The first kappa shape index (κ1) is 28.4. The first-order valence-corrected chi connectivity index (χ1v) is 15.2. The van der Waals surface area contributed by atoms with Gasteiger partial charge in [0.15, 0.2) is 0 Å². The van der Waals surface area contributed by atoms with E-state index in [4.69, 9.17) is 16.6 Å². The van der Waals surface area contributed by atoms with Crippen LogP contribution in [0.3, 0.4) is 0 Å². The van der Waals surface area contributed by atoms with Gasteiger partial charge in [-0.05, 0) is 89.4 Å². The van der Waals surface area contributed by atoms with Crippen LogP contribution in [0.25, 0.3) is 16.7 Å². The molecule has 3 aromatic heterocycles. The van der Waals surface area contributed by atoms with Gasteiger partial charge in [-0.1, -0.05) is 23.7 Å². The Morgan fingerprint density at radius 3 is 2.48 bits per heavy atom. The first-order valence-electron chi connectivity index (χ1n) is 14.8. The molecule has 1 saturated heterocycles. The van der Waals surface area contributed by atoms with Crippen LogP contribution < -0.4 is 15.9 Å². The summed E-state index contributed by atoms with van der Waals surface area (Å²) in [4.78, 5) is 40.3. The predicted octanol–water partition coefficient (Wildman–Crippen LogP) is 4.67. The van der Waals surface area contributed by atoms with Gasteiger partial charge >= 0.3 is 5.69 Å². The van der Waals surface area contributed by atoms with E-state index < -0.39 is 0 Å². The summed E-state index contributed by atoms with van der Waals surface area (Å²) in [6, 6.07) is 14.3. The lowest BCUT2D eigenvalue weighted by Gasteiger charge is -2.29. The van der Waals surface area contributed by atoms with Crippen molar-refractivity contribution < 1.29 is 4.79 Å². The van der Waals surface area contributed by atoms with Crippen molar-refractivity contribution in [1.29, 1.82) is 0 Å². The molecule has 2 aliphatic rings. The number of fused-ring (bicyclic) bond motifs is 1. The smallest absolute Gasteiger partial charge is 0.333 e. The number of hydrogen-bond donors (Lipinski definition) is 1. The lowest BCUT2D eigenvalue weighted by molar-refractivity contribution is 0.0919. The molecule has 4 aromatic rings. The summed E-state index contributed by atoms with van der Waals surface area (Å²) < 4.78 is 3.70. The van der Waals surface area contributed by atoms with E-state index in [1.807, 2.05) is 54.1 Å². The van der Waals surface area contributed by atoms with E-state index in [-0.39, 0.29) is 17.6 Å². The lowest BCUT2D eigenvalue weighted by atomic mass is 9.85. The Kier molecular flexibility index (Phi) is 8.05. The molecule has 2 fully saturated rings. The van der Waals surface area contributed by atoms with Gasteiger partial charge in [-0.2, -0.15) is 0 Å². The number of halogens is 1. The largest absolute Gasteiger partial charge is 0.355 e. The Balaban J connectivity index is 1.15. The van der Waals surface area contributed by atoms with Crippen molar-refractivity contribution in [2.75, 3.05) is 32.1 Å². The number of benzene rings is 1. The zero-order valence-electron chi connectivity index (χ0n) is 24.5. The van der Waals surface area contributed by atoms with Gasteiger partial charge in [-0.3, -0.25) is 18.9 Å². The van der Waals surface area contributed by atoms with Gasteiger partial charge in [0.1, 0.15) is 5.82 Å². The Bertz CT molecular complexity index is 1640. The SMILES string of the molecule is Cc1ncc(Cl)cc1C(=O)NC1CCC(Cn2c(=O)n(-c3ccc(N4CCC(N(C)C)C4)nc3)c3ccccc32)CC1. The molecule has 1 aliphatic carbocycles. The van der Waals surface area contributed by atoms with Crippen LogP contribution in [0.15, 0.2) is 59.7 Å². The average Bonchev–Trinajstić information content (AvgIpc) is 3.59. The third kappa shape index (κ3) is 5.68. The van der Waals surface area contributed by atoms with E-state index in [1.165, 1.54) is 0 Å². The summed E-state index contributed by atoms with van der Waals surface area (Å²) in [5.41, 5.74) is 3.74. The second-order valence-electron chi connectivity index (χ2n) is 11.9. The number of nitrogens with one attached hydrogen (secondary N) is 1. The highest BCUT2D eigenvalue weighted by Gasteiger charge is 2.27. The van der Waals surface area contributed by atoms with Crippen molar-refractivity contribution in [3.8, 4) is 5.69 Å². The summed E-state index contributed by atoms with van der Waals surface area (Å²) >= 11 is 6.06. The number of amides is 1. The molecular weight excluding hydrogens is 550 g/mol. The fraction of sp³-hybridized carbons (Fsp3) is 0.438. The molecular formula is C32H38ClN7O2. The summed E-state index contributed by atoms with van der Waals surface area (Å²) in [6.07, 6.45) is 8.10. The second-order valence-corrected chi connectivity index (χ2v) is 12.4. The van der Waals surface area contributed by atoms with E-state index in [1.54, 1.807) is 16.8 Å². The Morgan fingerprint density at radius 1 is 1.02 bits per heavy atom. The second kappa shape index (κ2) is 11.9. The van der Waals surface area contributed by atoms with Crippen LogP contribution in [0.4, 0.5) is 5.82 Å². The molecule has 0 radical (unpaired) electrons. The molecule has 1 atom stereocenters. The first-order chi connectivity index (χ1) is 20.3. The third-order valence-corrected chi connectivity index (χ3v) is 9.17. The normalized spacial score (nSPS) is 20.9. The van der Waals surface area contributed by atoms with Crippen molar-refractivity contribution in [3.05, 3.63) is 81.6 Å². The maximum absolute atomic E-state index is 13.9. The van der Waals surface area contributed by atoms with Gasteiger partial charge < -0.3 is 15.1 Å². The molecule has 1 aliphatic heterocycles. The van der Waals surface area contributed by atoms with E-state index in [9.17, 15) is 9.59 Å². The standard InChI is InChI=1S/C32H38ClN7O2/c1-21-27(16-23(33)17-34-21)31(41)36-24-10-8-22(9-11-24)19-39-28-6-4-5-7-29(28)40(32(39)42)25-12-13-30(35-18-25)38-15-14-26(20-38)37(2)3/h4-7,12-13,16-18,22,24,26H,8-11,14-15,19-20H2,1-3H3,(H,36,41). The fourth-order valence-corrected chi connectivity index (χ4v) is 6.61. The minimum absolute atomic E-state index is 0.0426. The highest BCUT2D eigenvalue weighted by molar-refractivity contribution is 6.30. The van der Waals surface area contributed by atoms with Crippen LogP contribution in [0, 0.1) is 12.8 Å². The molecule has 4 heterocycles. The Morgan fingerprint density at radius 2 is 1.79 bits per heavy atom. The van der Waals surface area contributed by atoms with Crippen molar-refractivity contribution in [2.24, 2.45) is 5.92 Å². The minimum Gasteiger partial charge on any atom is -0.355 e. The number of imidazole rings is 1. The van der Waals surface area contributed by atoms with E-state index in [0.717, 1.165) is 67.7 Å². The number of para-hydroxylation sites is 2. The lowest BCUT2D eigenvalue weighted by Crippen LogP contribution is -2.39. The molecule has 220 valence electrons. The van der Waals surface area contributed by atoms with Gasteiger partial charge in [0.2, 0.25) is 0 Å². The number of pyridine rings is 2. The van der Waals surface area contributed by atoms with Crippen molar-refractivity contribution in [2.45, 2.75) is 57.7 Å². The van der Waals surface area contributed by atoms with Crippen molar-refractivity contribution >= 4 is 34.4 Å². The van der Waals surface area contributed by atoms with Gasteiger partial charge in [0.05, 0.1) is 39.2 Å². The van der Waals surface area contributed by atoms with Gasteiger partial charge in [-0.25, -0.2) is 9.78 Å². The Hall–Kier alpha value is -3.69. The summed E-state index contributed by atoms with van der Waals surface area (Å²) in [5, 5.41) is 3.62. The number of hydrogen-bond acceptors (Lipinski definition) is 6. The number of likely N-dealkylation sites (N-methyl/N-ethyl adjacent to an activating group) is 1. The Labute approximate surface area is 251 Å². The monoisotopic (exact) mass is 587 g/mol. The van der Waals surface area contributed by atoms with Gasteiger partial charge in [0, 0.05) is 37.9 Å². The zero-order valence-corrected chi connectivity index (χ0v) is 25.2. The topological polar surface area (TPSA) is 88.3 Å². The number of aryl methyl sites for hydroxylation is 1. The number of carbonyl (C=O) groups excluding carboxylic acids is 1. The zero-order chi connectivity index (χ0) is 29.4. The van der Waals surface area contributed by atoms with Crippen LogP contribution in [0.2, 0.25) is 5.02 Å². The maximum Gasteiger partial charge on any atom is 0.333 e. The molecule has 9 nitrogen and oxygen atoms in total.